The number of nitrogens with zero attached hydrogens (tertiary/aromatic N) is 4. The van der Waals surface area contributed by atoms with Gasteiger partial charge >= 0.3 is 0 Å². The van der Waals surface area contributed by atoms with E-state index in [1.807, 2.05) is 34.3 Å². The van der Waals surface area contributed by atoms with Gasteiger partial charge in [0.25, 0.3) is 0 Å². The zero-order valence-corrected chi connectivity index (χ0v) is 16.1. The van der Waals surface area contributed by atoms with Crippen LogP contribution in [0.5, 0.6) is 0 Å². The number of hydrogen-bond acceptors (Lipinski definition) is 6. The molecule has 1 amide bonds. The van der Waals surface area contributed by atoms with E-state index in [0.29, 0.717) is 12.3 Å². The van der Waals surface area contributed by atoms with Crippen molar-refractivity contribution in [2.24, 2.45) is 0 Å². The molecular formula is C18H19N5OS2. The van der Waals surface area contributed by atoms with Crippen molar-refractivity contribution in [2.45, 2.75) is 37.8 Å². The minimum atomic E-state index is -0.00591. The molecule has 134 valence electrons. The first-order chi connectivity index (χ1) is 12.7. The SMILES string of the molecule is Cc1c2c(nn1-c1ccc(SCC(=O)NCc3cccs3)nn1)CCC2. The zero-order chi connectivity index (χ0) is 17.9. The van der Waals surface area contributed by atoms with Gasteiger partial charge in [0.1, 0.15) is 5.03 Å². The highest BCUT2D eigenvalue weighted by Gasteiger charge is 2.20. The number of amides is 1. The van der Waals surface area contributed by atoms with E-state index in [1.54, 1.807) is 11.3 Å². The smallest absolute Gasteiger partial charge is 0.230 e. The topological polar surface area (TPSA) is 72.7 Å². The zero-order valence-electron chi connectivity index (χ0n) is 14.4. The summed E-state index contributed by atoms with van der Waals surface area (Å²) >= 11 is 3.02. The Kier molecular flexibility index (Phi) is 5.03. The van der Waals surface area contributed by atoms with E-state index in [0.717, 1.165) is 34.3 Å². The maximum atomic E-state index is 11.9. The fraction of sp³-hybridized carbons (Fsp3) is 0.333. The van der Waals surface area contributed by atoms with E-state index in [9.17, 15) is 4.79 Å². The van der Waals surface area contributed by atoms with Crippen LogP contribution < -0.4 is 5.32 Å². The van der Waals surface area contributed by atoms with Crippen LogP contribution in [0, 0.1) is 6.92 Å². The molecule has 0 saturated heterocycles. The van der Waals surface area contributed by atoms with Crippen LogP contribution in [0.2, 0.25) is 0 Å². The molecule has 0 spiro atoms. The Balaban J connectivity index is 1.34. The summed E-state index contributed by atoms with van der Waals surface area (Å²) in [6.07, 6.45) is 3.34. The van der Waals surface area contributed by atoms with Gasteiger partial charge in [-0.25, -0.2) is 4.68 Å². The standard InChI is InChI=1S/C18H19N5OS2/c1-12-14-5-2-6-15(14)22-23(12)16-7-8-18(21-20-16)26-11-17(24)19-10-13-4-3-9-25-13/h3-4,7-9H,2,5-6,10-11H2,1H3,(H,19,24). The Labute approximate surface area is 160 Å². The second kappa shape index (κ2) is 7.59. The third-order valence-corrected chi connectivity index (χ3v) is 6.19. The number of aromatic nitrogens is 4. The molecule has 4 rings (SSSR count). The predicted octanol–water partition coefficient (Wildman–Crippen LogP) is 2.93. The molecule has 3 heterocycles. The Bertz CT molecular complexity index is 903. The minimum absolute atomic E-state index is 0.00591. The maximum absolute atomic E-state index is 11.9. The summed E-state index contributed by atoms with van der Waals surface area (Å²) in [4.78, 5) is 13.1. The molecule has 0 radical (unpaired) electrons. The van der Waals surface area contributed by atoms with Gasteiger partial charge in [0, 0.05) is 10.6 Å². The van der Waals surface area contributed by atoms with Crippen molar-refractivity contribution < 1.29 is 4.79 Å². The summed E-state index contributed by atoms with van der Waals surface area (Å²) in [6, 6.07) is 7.79. The lowest BCUT2D eigenvalue weighted by molar-refractivity contribution is -0.118. The summed E-state index contributed by atoms with van der Waals surface area (Å²) in [6.45, 7) is 2.66. The Morgan fingerprint density at radius 3 is 2.96 bits per heavy atom. The number of fused-ring (bicyclic) bond motifs is 1. The largest absolute Gasteiger partial charge is 0.350 e. The molecule has 1 aliphatic carbocycles. The monoisotopic (exact) mass is 385 g/mol. The first-order valence-corrected chi connectivity index (χ1v) is 10.4. The number of thioether (sulfide) groups is 1. The van der Waals surface area contributed by atoms with Crippen LogP contribution in [0.25, 0.3) is 5.82 Å². The lowest BCUT2D eigenvalue weighted by Crippen LogP contribution is -2.24. The third kappa shape index (κ3) is 3.66. The summed E-state index contributed by atoms with van der Waals surface area (Å²) in [5, 5.41) is 18.8. The fourth-order valence-corrected chi connectivity index (χ4v) is 4.36. The van der Waals surface area contributed by atoms with Crippen LogP contribution in [0.15, 0.2) is 34.7 Å². The molecule has 0 aliphatic heterocycles. The van der Waals surface area contributed by atoms with Gasteiger partial charge < -0.3 is 5.32 Å². The maximum Gasteiger partial charge on any atom is 0.230 e. The van der Waals surface area contributed by atoms with Gasteiger partial charge in [0.15, 0.2) is 5.82 Å². The fourth-order valence-electron chi connectivity index (χ4n) is 3.07. The normalized spacial score (nSPS) is 13.0. The molecule has 0 bridgehead atoms. The molecule has 0 unspecified atom stereocenters. The molecule has 3 aromatic heterocycles. The highest BCUT2D eigenvalue weighted by Crippen LogP contribution is 2.26. The quantitative estimate of drug-likeness (QED) is 0.661. The van der Waals surface area contributed by atoms with Crippen LogP contribution in [-0.4, -0.2) is 31.6 Å². The van der Waals surface area contributed by atoms with Crippen LogP contribution in [0.3, 0.4) is 0 Å². The molecule has 0 fully saturated rings. The Hall–Kier alpha value is -2.19. The molecule has 0 saturated carbocycles. The van der Waals surface area contributed by atoms with Gasteiger partial charge in [-0.3, -0.25) is 4.79 Å². The van der Waals surface area contributed by atoms with Gasteiger partial charge in [-0.2, -0.15) is 5.10 Å². The van der Waals surface area contributed by atoms with E-state index in [2.05, 4.69) is 27.5 Å². The van der Waals surface area contributed by atoms with E-state index >= 15 is 0 Å². The number of nitrogens with one attached hydrogen (secondary N) is 1. The van der Waals surface area contributed by atoms with Crippen LogP contribution in [0.4, 0.5) is 0 Å². The van der Waals surface area contributed by atoms with E-state index in [1.165, 1.54) is 29.4 Å². The van der Waals surface area contributed by atoms with Crippen LogP contribution >= 0.6 is 23.1 Å². The number of hydrogen-bond donors (Lipinski definition) is 1. The second-order valence-electron chi connectivity index (χ2n) is 6.15. The summed E-state index contributed by atoms with van der Waals surface area (Å²) in [7, 11) is 0. The minimum Gasteiger partial charge on any atom is -0.350 e. The number of carbonyl (C=O) groups is 1. The van der Waals surface area contributed by atoms with Crippen molar-refractivity contribution in [1.29, 1.82) is 0 Å². The van der Waals surface area contributed by atoms with Crippen molar-refractivity contribution in [1.82, 2.24) is 25.3 Å². The van der Waals surface area contributed by atoms with Crippen molar-refractivity contribution in [3.8, 4) is 5.82 Å². The summed E-state index contributed by atoms with van der Waals surface area (Å²) in [5.74, 6) is 1.05. The molecule has 1 aliphatic rings. The van der Waals surface area contributed by atoms with E-state index < -0.39 is 0 Å². The van der Waals surface area contributed by atoms with Crippen molar-refractivity contribution in [3.63, 3.8) is 0 Å². The number of thiophene rings is 1. The van der Waals surface area contributed by atoms with E-state index in [-0.39, 0.29) is 5.91 Å². The lowest BCUT2D eigenvalue weighted by atomic mass is 10.2. The van der Waals surface area contributed by atoms with Gasteiger partial charge in [-0.05, 0) is 55.3 Å². The summed E-state index contributed by atoms with van der Waals surface area (Å²) < 4.78 is 1.87. The first kappa shape index (κ1) is 17.2. The molecule has 1 N–H and O–H groups in total. The summed E-state index contributed by atoms with van der Waals surface area (Å²) in [5.41, 5.74) is 3.69. The van der Waals surface area contributed by atoms with Crippen molar-refractivity contribution in [3.05, 3.63) is 51.5 Å². The molecule has 8 heteroatoms. The lowest BCUT2D eigenvalue weighted by Gasteiger charge is -2.06. The molecule has 6 nitrogen and oxygen atoms in total. The van der Waals surface area contributed by atoms with Gasteiger partial charge in [-0.1, -0.05) is 17.8 Å². The van der Waals surface area contributed by atoms with Crippen molar-refractivity contribution in [2.75, 3.05) is 5.75 Å². The van der Waals surface area contributed by atoms with Crippen molar-refractivity contribution >= 4 is 29.0 Å². The van der Waals surface area contributed by atoms with Crippen LogP contribution in [0.1, 0.15) is 28.2 Å². The number of rotatable bonds is 6. The Morgan fingerprint density at radius 1 is 1.31 bits per heavy atom. The molecule has 3 aromatic rings. The molecule has 0 atom stereocenters. The predicted molar refractivity (Wildman–Crippen MR) is 103 cm³/mol. The molecular weight excluding hydrogens is 366 g/mol. The molecule has 0 aromatic carbocycles. The Morgan fingerprint density at radius 2 is 2.23 bits per heavy atom. The average Bonchev–Trinajstić information content (AvgIpc) is 3.38. The van der Waals surface area contributed by atoms with E-state index in [4.69, 9.17) is 0 Å². The molecule has 26 heavy (non-hydrogen) atoms. The highest BCUT2D eigenvalue weighted by atomic mass is 32.2. The second-order valence-corrected chi connectivity index (χ2v) is 8.18. The number of carbonyl (C=O) groups excluding carboxylic acids is 1. The average molecular weight is 386 g/mol. The first-order valence-electron chi connectivity index (χ1n) is 8.54. The number of aryl methyl sites for hydroxylation is 1. The van der Waals surface area contributed by atoms with Gasteiger partial charge in [0.2, 0.25) is 5.91 Å². The van der Waals surface area contributed by atoms with Gasteiger partial charge in [-0.15, -0.1) is 21.5 Å². The highest BCUT2D eigenvalue weighted by molar-refractivity contribution is 7.99. The van der Waals surface area contributed by atoms with Gasteiger partial charge in [0.05, 0.1) is 18.0 Å². The third-order valence-electron chi connectivity index (χ3n) is 4.40. The van der Waals surface area contributed by atoms with Crippen LogP contribution in [-0.2, 0) is 24.2 Å².